The molecule has 0 spiro atoms. The van der Waals surface area contributed by atoms with E-state index in [4.69, 9.17) is 9.47 Å². The van der Waals surface area contributed by atoms with Crippen LogP contribution in [-0.4, -0.2) is 30.5 Å². The smallest absolute Gasteiger partial charge is 0.412 e. The molecule has 1 saturated carbocycles. The van der Waals surface area contributed by atoms with Gasteiger partial charge in [0.25, 0.3) is 0 Å². The van der Waals surface area contributed by atoms with Crippen LogP contribution < -0.4 is 10.1 Å². The number of methoxy groups -OCH3 is 1. The summed E-state index contributed by atoms with van der Waals surface area (Å²) in [5.41, 5.74) is 0.921. The topological polar surface area (TPSA) is 67.8 Å². The predicted molar refractivity (Wildman–Crippen MR) is 80.8 cm³/mol. The third-order valence-electron chi connectivity index (χ3n) is 3.61. The molecule has 0 atom stereocenters. The van der Waals surface area contributed by atoms with Crippen molar-refractivity contribution in [3.8, 4) is 5.75 Å². The average molecular weight is 293 g/mol. The first-order chi connectivity index (χ1) is 9.79. The molecule has 0 aliphatic heterocycles. The SMILES string of the molecule is COc1cc(C2(CO)CC2)ccc1NC(=O)OC(C)(C)C. The zero-order chi connectivity index (χ0) is 15.7. The molecule has 0 aromatic heterocycles. The van der Waals surface area contributed by atoms with Gasteiger partial charge in [0.15, 0.2) is 0 Å². The fourth-order valence-electron chi connectivity index (χ4n) is 2.23. The lowest BCUT2D eigenvalue weighted by Crippen LogP contribution is -2.27. The Balaban J connectivity index is 2.15. The monoisotopic (exact) mass is 293 g/mol. The van der Waals surface area contributed by atoms with Gasteiger partial charge in [-0.1, -0.05) is 6.07 Å². The largest absolute Gasteiger partial charge is 0.495 e. The highest BCUT2D eigenvalue weighted by Crippen LogP contribution is 2.49. The number of carbonyl (C=O) groups excluding carboxylic acids is 1. The van der Waals surface area contributed by atoms with Gasteiger partial charge in [-0.25, -0.2) is 4.79 Å². The highest BCUT2D eigenvalue weighted by atomic mass is 16.6. The summed E-state index contributed by atoms with van der Waals surface area (Å²) in [5, 5.41) is 12.2. The van der Waals surface area contributed by atoms with Crippen LogP contribution in [0.1, 0.15) is 39.2 Å². The molecule has 1 aromatic rings. The molecule has 1 aromatic carbocycles. The van der Waals surface area contributed by atoms with E-state index in [1.165, 1.54) is 0 Å². The van der Waals surface area contributed by atoms with Crippen molar-refractivity contribution in [3.05, 3.63) is 23.8 Å². The molecule has 1 aliphatic rings. The zero-order valence-electron chi connectivity index (χ0n) is 13.0. The highest BCUT2D eigenvalue weighted by molar-refractivity contribution is 5.87. The molecule has 1 amide bonds. The molecule has 2 N–H and O–H groups in total. The number of hydrogen-bond acceptors (Lipinski definition) is 4. The summed E-state index contributed by atoms with van der Waals surface area (Å²) >= 11 is 0. The van der Waals surface area contributed by atoms with Gasteiger partial charge in [0.1, 0.15) is 11.4 Å². The van der Waals surface area contributed by atoms with Crippen LogP contribution >= 0.6 is 0 Å². The number of carbonyl (C=O) groups is 1. The number of hydrogen-bond donors (Lipinski definition) is 2. The fraction of sp³-hybridized carbons (Fsp3) is 0.562. The van der Waals surface area contributed by atoms with Crippen LogP contribution in [0.4, 0.5) is 10.5 Å². The van der Waals surface area contributed by atoms with Crippen LogP contribution in [0.15, 0.2) is 18.2 Å². The molecule has 21 heavy (non-hydrogen) atoms. The number of ether oxygens (including phenoxy) is 2. The van der Waals surface area contributed by atoms with E-state index in [-0.39, 0.29) is 12.0 Å². The van der Waals surface area contributed by atoms with E-state index in [1.54, 1.807) is 13.2 Å². The normalized spacial score (nSPS) is 16.2. The lowest BCUT2D eigenvalue weighted by Gasteiger charge is -2.21. The van der Waals surface area contributed by atoms with Crippen molar-refractivity contribution in [2.75, 3.05) is 19.0 Å². The standard InChI is InChI=1S/C16H23NO4/c1-15(2,3)21-14(19)17-12-6-5-11(9-13(12)20-4)16(10-18)7-8-16/h5-6,9,18H,7-8,10H2,1-4H3,(H,17,19). The summed E-state index contributed by atoms with van der Waals surface area (Å²) in [6.45, 7) is 5.57. The maximum atomic E-state index is 11.8. The lowest BCUT2D eigenvalue weighted by atomic mass is 9.96. The van der Waals surface area contributed by atoms with Crippen molar-refractivity contribution in [2.24, 2.45) is 0 Å². The number of aliphatic hydroxyl groups excluding tert-OH is 1. The highest BCUT2D eigenvalue weighted by Gasteiger charge is 2.44. The molecule has 1 aliphatic carbocycles. The van der Waals surface area contributed by atoms with Gasteiger partial charge >= 0.3 is 6.09 Å². The Kier molecular flexibility index (Phi) is 4.14. The second-order valence-electron chi connectivity index (χ2n) is 6.48. The minimum atomic E-state index is -0.549. The maximum Gasteiger partial charge on any atom is 0.412 e. The summed E-state index contributed by atoms with van der Waals surface area (Å²) in [7, 11) is 1.55. The molecular formula is C16H23NO4. The van der Waals surface area contributed by atoms with E-state index in [2.05, 4.69) is 5.32 Å². The predicted octanol–water partition coefficient (Wildman–Crippen LogP) is 3.07. The molecule has 0 unspecified atom stereocenters. The molecule has 1 fully saturated rings. The number of amides is 1. The van der Waals surface area contributed by atoms with Gasteiger partial charge in [-0.15, -0.1) is 0 Å². The van der Waals surface area contributed by atoms with Crippen LogP contribution in [0, 0.1) is 0 Å². The molecule has 5 heteroatoms. The molecule has 2 rings (SSSR count). The van der Waals surface area contributed by atoms with E-state index >= 15 is 0 Å². The quantitative estimate of drug-likeness (QED) is 0.895. The molecule has 0 heterocycles. The van der Waals surface area contributed by atoms with Gasteiger partial charge in [0, 0.05) is 5.41 Å². The second kappa shape index (κ2) is 5.56. The van der Waals surface area contributed by atoms with E-state index in [1.807, 2.05) is 32.9 Å². The van der Waals surface area contributed by atoms with E-state index < -0.39 is 11.7 Å². The first-order valence-corrected chi connectivity index (χ1v) is 7.09. The zero-order valence-corrected chi connectivity index (χ0v) is 13.0. The van der Waals surface area contributed by atoms with Crippen molar-refractivity contribution in [1.29, 1.82) is 0 Å². The maximum absolute atomic E-state index is 11.8. The van der Waals surface area contributed by atoms with E-state index in [9.17, 15) is 9.90 Å². The molecule has 0 saturated heterocycles. The van der Waals surface area contributed by atoms with Crippen molar-refractivity contribution >= 4 is 11.8 Å². The van der Waals surface area contributed by atoms with E-state index in [0.717, 1.165) is 18.4 Å². The molecule has 116 valence electrons. The van der Waals surface area contributed by atoms with Gasteiger partial charge in [0.05, 0.1) is 19.4 Å². The Morgan fingerprint density at radius 1 is 1.38 bits per heavy atom. The van der Waals surface area contributed by atoms with Crippen molar-refractivity contribution in [3.63, 3.8) is 0 Å². The Morgan fingerprint density at radius 3 is 2.52 bits per heavy atom. The number of nitrogens with one attached hydrogen (secondary N) is 1. The van der Waals surface area contributed by atoms with Crippen LogP contribution in [0.3, 0.4) is 0 Å². The number of aliphatic hydroxyl groups is 1. The van der Waals surface area contributed by atoms with Gasteiger partial charge in [-0.05, 0) is 51.3 Å². The van der Waals surface area contributed by atoms with Crippen LogP contribution in [0.25, 0.3) is 0 Å². The average Bonchev–Trinajstić information content (AvgIpc) is 3.18. The number of benzene rings is 1. The number of anilines is 1. The summed E-state index contributed by atoms with van der Waals surface area (Å²) in [6, 6.07) is 5.57. The van der Waals surface area contributed by atoms with Crippen LogP contribution in [0.5, 0.6) is 5.75 Å². The summed E-state index contributed by atoms with van der Waals surface area (Å²) < 4.78 is 10.6. The van der Waals surface area contributed by atoms with Gasteiger partial charge in [-0.3, -0.25) is 5.32 Å². The van der Waals surface area contributed by atoms with E-state index in [0.29, 0.717) is 11.4 Å². The van der Waals surface area contributed by atoms with Crippen molar-refractivity contribution < 1.29 is 19.4 Å². The Hall–Kier alpha value is -1.75. The Morgan fingerprint density at radius 2 is 2.05 bits per heavy atom. The summed E-state index contributed by atoms with van der Waals surface area (Å²) in [6.07, 6.45) is 1.44. The Labute approximate surface area is 125 Å². The molecule has 0 bridgehead atoms. The summed E-state index contributed by atoms with van der Waals surface area (Å²) in [5.74, 6) is 0.568. The lowest BCUT2D eigenvalue weighted by molar-refractivity contribution is 0.0635. The van der Waals surface area contributed by atoms with Crippen LogP contribution in [0.2, 0.25) is 0 Å². The molecular weight excluding hydrogens is 270 g/mol. The third-order valence-corrected chi connectivity index (χ3v) is 3.61. The first kappa shape index (κ1) is 15.6. The minimum Gasteiger partial charge on any atom is -0.495 e. The van der Waals surface area contributed by atoms with Crippen LogP contribution in [-0.2, 0) is 10.2 Å². The van der Waals surface area contributed by atoms with Crippen molar-refractivity contribution in [2.45, 2.75) is 44.6 Å². The Bertz CT molecular complexity index is 530. The molecule has 0 radical (unpaired) electrons. The van der Waals surface area contributed by atoms with Gasteiger partial charge in [-0.2, -0.15) is 0 Å². The second-order valence-corrected chi connectivity index (χ2v) is 6.48. The van der Waals surface area contributed by atoms with Gasteiger partial charge in [0.2, 0.25) is 0 Å². The van der Waals surface area contributed by atoms with Crippen molar-refractivity contribution in [1.82, 2.24) is 0 Å². The third kappa shape index (κ3) is 3.67. The molecule has 5 nitrogen and oxygen atoms in total. The fourth-order valence-corrected chi connectivity index (χ4v) is 2.23. The first-order valence-electron chi connectivity index (χ1n) is 7.09. The number of rotatable bonds is 4. The van der Waals surface area contributed by atoms with Gasteiger partial charge < -0.3 is 14.6 Å². The summed E-state index contributed by atoms with van der Waals surface area (Å²) in [4.78, 5) is 11.8. The minimum absolute atomic E-state index is 0.127.